The maximum absolute atomic E-state index is 11.3. The summed E-state index contributed by atoms with van der Waals surface area (Å²) in [5, 5.41) is 2.62. The molecule has 1 heterocycles. The molecule has 0 atom stereocenters. The first-order valence-electron chi connectivity index (χ1n) is 6.20. The smallest absolute Gasteiger partial charge is 0.290 e. The Morgan fingerprint density at radius 1 is 1.25 bits per heavy atom. The average Bonchev–Trinajstić information content (AvgIpc) is 2.74. The van der Waals surface area contributed by atoms with E-state index in [2.05, 4.69) is 5.32 Å². The van der Waals surface area contributed by atoms with Gasteiger partial charge in [-0.1, -0.05) is 29.8 Å². The number of hydrogen-bond donors (Lipinski definition) is 1. The van der Waals surface area contributed by atoms with Crippen LogP contribution in [0.15, 0.2) is 35.2 Å². The van der Waals surface area contributed by atoms with Gasteiger partial charge in [-0.2, -0.15) is 0 Å². The first-order valence-corrected chi connectivity index (χ1v) is 7.40. The third-order valence-corrected chi connectivity index (χ3v) is 3.76. The number of halogens is 1. The Kier molecular flexibility index (Phi) is 5.64. The summed E-state index contributed by atoms with van der Waals surface area (Å²) in [6.45, 7) is 1.15. The van der Waals surface area contributed by atoms with Gasteiger partial charge in [0.25, 0.3) is 11.1 Å². The quantitative estimate of drug-likeness (QED) is 0.645. The second-order valence-electron chi connectivity index (χ2n) is 4.23. The first-order chi connectivity index (χ1) is 9.65. The van der Waals surface area contributed by atoms with Gasteiger partial charge in [0, 0.05) is 11.6 Å². The Balaban J connectivity index is 1.62. The number of carbonyl (C=O) groups is 2. The number of ether oxygens (including phenoxy) is 1. The van der Waals surface area contributed by atoms with Crippen molar-refractivity contribution in [1.82, 2.24) is 5.32 Å². The predicted octanol–water partition coefficient (Wildman–Crippen LogP) is 3.50. The second kappa shape index (κ2) is 7.47. The number of carbonyl (C=O) groups excluding carboxylic acids is 2. The molecule has 0 aliphatic carbocycles. The normalized spacial score (nSPS) is 16.8. The van der Waals surface area contributed by atoms with Gasteiger partial charge in [0.1, 0.15) is 0 Å². The highest BCUT2D eigenvalue weighted by Gasteiger charge is 2.24. The largest absolute Gasteiger partial charge is 0.377 e. The molecule has 1 aliphatic heterocycles. The van der Waals surface area contributed by atoms with E-state index in [9.17, 15) is 9.59 Å². The zero-order valence-corrected chi connectivity index (χ0v) is 12.3. The number of imide groups is 1. The van der Waals surface area contributed by atoms with Crippen LogP contribution in [-0.2, 0) is 16.1 Å². The van der Waals surface area contributed by atoms with Gasteiger partial charge >= 0.3 is 0 Å². The summed E-state index contributed by atoms with van der Waals surface area (Å²) in [4.78, 5) is 22.7. The van der Waals surface area contributed by atoms with Crippen LogP contribution in [0.25, 0.3) is 0 Å². The Labute approximate surface area is 126 Å². The van der Waals surface area contributed by atoms with E-state index in [4.69, 9.17) is 16.3 Å². The number of allylic oxidation sites excluding steroid dienone is 1. The van der Waals surface area contributed by atoms with Crippen LogP contribution >= 0.6 is 23.4 Å². The van der Waals surface area contributed by atoms with Crippen molar-refractivity contribution in [3.8, 4) is 0 Å². The summed E-state index contributed by atoms with van der Waals surface area (Å²) in [7, 11) is 0. The molecule has 1 aromatic carbocycles. The molecule has 0 bridgehead atoms. The molecule has 1 N–H and O–H groups in total. The molecule has 0 spiro atoms. The lowest BCUT2D eigenvalue weighted by Crippen LogP contribution is -2.17. The maximum atomic E-state index is 11.3. The number of hydrogen-bond acceptors (Lipinski definition) is 4. The SMILES string of the molecule is O=C1NC(=O)C(=CCCCOCc2ccc(Cl)cc2)S1. The van der Waals surface area contributed by atoms with Crippen LogP contribution in [0.3, 0.4) is 0 Å². The van der Waals surface area contributed by atoms with Crippen LogP contribution < -0.4 is 5.32 Å². The van der Waals surface area contributed by atoms with Gasteiger partial charge in [-0.15, -0.1) is 0 Å². The van der Waals surface area contributed by atoms with E-state index in [0.717, 1.165) is 23.7 Å². The molecule has 0 saturated carbocycles. The van der Waals surface area contributed by atoms with Gasteiger partial charge < -0.3 is 4.74 Å². The molecule has 2 amide bonds. The average molecular weight is 312 g/mol. The Bertz CT molecular complexity index is 528. The van der Waals surface area contributed by atoms with E-state index in [-0.39, 0.29) is 11.1 Å². The standard InChI is InChI=1S/C14H14ClNO3S/c15-11-6-4-10(5-7-11)9-19-8-2-1-3-12-13(17)16-14(18)20-12/h3-7H,1-2,8-9H2,(H,16,17,18). The number of amides is 2. The summed E-state index contributed by atoms with van der Waals surface area (Å²) >= 11 is 6.74. The molecule has 4 nitrogen and oxygen atoms in total. The van der Waals surface area contributed by atoms with Crippen molar-refractivity contribution in [3.05, 3.63) is 45.8 Å². The van der Waals surface area contributed by atoms with Gasteiger partial charge in [-0.3, -0.25) is 14.9 Å². The highest BCUT2D eigenvalue weighted by Crippen LogP contribution is 2.23. The zero-order chi connectivity index (χ0) is 14.4. The number of benzene rings is 1. The number of rotatable bonds is 6. The van der Waals surface area contributed by atoms with Crippen molar-refractivity contribution in [2.75, 3.05) is 6.61 Å². The highest BCUT2D eigenvalue weighted by molar-refractivity contribution is 8.18. The van der Waals surface area contributed by atoms with Crippen LogP contribution in [0.1, 0.15) is 18.4 Å². The number of nitrogens with one attached hydrogen (secondary N) is 1. The lowest BCUT2D eigenvalue weighted by atomic mass is 10.2. The van der Waals surface area contributed by atoms with Gasteiger partial charge in [-0.25, -0.2) is 0 Å². The van der Waals surface area contributed by atoms with Crippen LogP contribution in [-0.4, -0.2) is 17.8 Å². The van der Waals surface area contributed by atoms with Gasteiger partial charge in [0.15, 0.2) is 0 Å². The monoisotopic (exact) mass is 311 g/mol. The highest BCUT2D eigenvalue weighted by atomic mass is 35.5. The third kappa shape index (κ3) is 4.67. The van der Waals surface area contributed by atoms with Gasteiger partial charge in [0.05, 0.1) is 11.5 Å². The van der Waals surface area contributed by atoms with E-state index in [1.54, 1.807) is 6.08 Å². The molecule has 1 aromatic rings. The summed E-state index contributed by atoms with van der Waals surface area (Å²) in [6.07, 6.45) is 3.29. The van der Waals surface area contributed by atoms with Gasteiger partial charge in [0.2, 0.25) is 0 Å². The van der Waals surface area contributed by atoms with Crippen molar-refractivity contribution in [2.45, 2.75) is 19.4 Å². The van der Waals surface area contributed by atoms with E-state index < -0.39 is 0 Å². The molecule has 0 unspecified atom stereocenters. The molecule has 1 fully saturated rings. The Hall–Kier alpha value is -1.30. The minimum atomic E-state index is -0.305. The van der Waals surface area contributed by atoms with Crippen LogP contribution in [0.5, 0.6) is 0 Å². The van der Waals surface area contributed by atoms with Crippen molar-refractivity contribution >= 4 is 34.5 Å². The molecular weight excluding hydrogens is 298 g/mol. The van der Waals surface area contributed by atoms with Crippen molar-refractivity contribution in [3.63, 3.8) is 0 Å². The van der Waals surface area contributed by atoms with E-state index in [1.165, 1.54) is 0 Å². The molecule has 106 valence electrons. The molecule has 1 aliphatic rings. The topological polar surface area (TPSA) is 55.4 Å². The third-order valence-electron chi connectivity index (χ3n) is 2.65. The fourth-order valence-corrected chi connectivity index (χ4v) is 2.46. The summed E-state index contributed by atoms with van der Waals surface area (Å²) in [6, 6.07) is 7.51. The Morgan fingerprint density at radius 3 is 2.65 bits per heavy atom. The predicted molar refractivity (Wildman–Crippen MR) is 79.6 cm³/mol. The fourth-order valence-electron chi connectivity index (χ4n) is 1.65. The second-order valence-corrected chi connectivity index (χ2v) is 5.68. The lowest BCUT2D eigenvalue weighted by molar-refractivity contribution is -0.115. The van der Waals surface area contributed by atoms with Crippen molar-refractivity contribution in [2.24, 2.45) is 0 Å². The van der Waals surface area contributed by atoms with Crippen molar-refractivity contribution < 1.29 is 14.3 Å². The van der Waals surface area contributed by atoms with Crippen LogP contribution in [0, 0.1) is 0 Å². The van der Waals surface area contributed by atoms with Crippen molar-refractivity contribution in [1.29, 1.82) is 0 Å². The van der Waals surface area contributed by atoms with Crippen LogP contribution in [0.4, 0.5) is 4.79 Å². The van der Waals surface area contributed by atoms with E-state index in [0.29, 0.717) is 29.6 Å². The number of unbranched alkanes of at least 4 members (excludes halogenated alkanes) is 1. The van der Waals surface area contributed by atoms with Crippen LogP contribution in [0.2, 0.25) is 5.02 Å². The molecule has 0 aromatic heterocycles. The molecule has 1 saturated heterocycles. The Morgan fingerprint density at radius 2 is 2.00 bits per heavy atom. The minimum absolute atomic E-state index is 0.304. The number of thioether (sulfide) groups is 1. The lowest BCUT2D eigenvalue weighted by Gasteiger charge is -2.03. The van der Waals surface area contributed by atoms with E-state index in [1.807, 2.05) is 24.3 Å². The molecule has 6 heteroatoms. The summed E-state index contributed by atoms with van der Waals surface area (Å²) in [5.41, 5.74) is 1.07. The zero-order valence-electron chi connectivity index (χ0n) is 10.7. The first kappa shape index (κ1) is 15.1. The summed E-state index contributed by atoms with van der Waals surface area (Å²) in [5.74, 6) is -0.304. The molecule has 20 heavy (non-hydrogen) atoms. The molecule has 0 radical (unpaired) electrons. The molecule has 2 rings (SSSR count). The minimum Gasteiger partial charge on any atom is -0.377 e. The fraction of sp³-hybridized carbons (Fsp3) is 0.286. The summed E-state index contributed by atoms with van der Waals surface area (Å²) < 4.78 is 5.53. The van der Waals surface area contributed by atoms with Gasteiger partial charge in [-0.05, 0) is 42.3 Å². The molecular formula is C14H14ClNO3S. The maximum Gasteiger partial charge on any atom is 0.290 e. The van der Waals surface area contributed by atoms with E-state index >= 15 is 0 Å².